The van der Waals surface area contributed by atoms with Crippen molar-refractivity contribution in [3.63, 3.8) is 0 Å². The van der Waals surface area contributed by atoms with Gasteiger partial charge in [-0.3, -0.25) is 0 Å². The van der Waals surface area contributed by atoms with Gasteiger partial charge in [-0.05, 0) is 43.5 Å². The van der Waals surface area contributed by atoms with Crippen molar-refractivity contribution in [3.05, 3.63) is 29.8 Å². The number of rotatable bonds is 12. The van der Waals surface area contributed by atoms with Crippen molar-refractivity contribution in [1.29, 1.82) is 0 Å². The summed E-state index contributed by atoms with van der Waals surface area (Å²) in [6, 6.07) is 8.69. The Bertz CT molecular complexity index is 524. The van der Waals surface area contributed by atoms with E-state index in [0.29, 0.717) is 0 Å². The number of carboxylic acids is 1. The molecule has 0 bridgehead atoms. The van der Waals surface area contributed by atoms with Gasteiger partial charge in [0.25, 0.3) is 0 Å². The number of carbonyl (C=O) groups excluding carboxylic acids is 1. The number of unbranched alkanes of at least 4 members (excludes halogenated alkanes) is 3. The second-order valence-corrected chi connectivity index (χ2v) is 9.12. The summed E-state index contributed by atoms with van der Waals surface area (Å²) >= 11 is 0. The Balaban J connectivity index is 0.000000956. The third-order valence-electron chi connectivity index (χ3n) is 5.25. The van der Waals surface area contributed by atoms with Crippen LogP contribution in [0.1, 0.15) is 85.6 Å². The summed E-state index contributed by atoms with van der Waals surface area (Å²) in [6.07, 6.45) is 7.89. The molecule has 0 aliphatic carbocycles. The highest BCUT2D eigenvalue weighted by atomic mass is 16.5. The highest BCUT2D eigenvalue weighted by Gasteiger charge is 2.26. The highest BCUT2D eigenvalue weighted by molar-refractivity contribution is 5.70. The standard InChI is InChI=1S/C20H36NO.C5H10O2/c1-5-8-15-21(16-9-6-2,17-10-7-3)18-19-11-13-20(22-4)14-12-19;1-5(2,3)4(6)7/h11-14H,5-10,15-18H2,1-4H3;1-3H3,(H,6,7)/q+1;/p-1. The predicted octanol–water partition coefficient (Wildman–Crippen LogP) is 5.19. The van der Waals surface area contributed by atoms with Gasteiger partial charge in [0.1, 0.15) is 12.3 Å². The molecule has 1 aromatic rings. The van der Waals surface area contributed by atoms with E-state index in [1.165, 1.54) is 74.8 Å². The average Bonchev–Trinajstić information content (AvgIpc) is 2.69. The zero-order valence-corrected chi connectivity index (χ0v) is 20.1. The molecule has 0 saturated heterocycles. The number of ether oxygens (including phenoxy) is 1. The van der Waals surface area contributed by atoms with Crippen molar-refractivity contribution in [1.82, 2.24) is 0 Å². The zero-order chi connectivity index (χ0) is 22.3. The van der Waals surface area contributed by atoms with Crippen LogP contribution in [0.25, 0.3) is 0 Å². The first-order chi connectivity index (χ1) is 13.6. The zero-order valence-electron chi connectivity index (χ0n) is 20.1. The van der Waals surface area contributed by atoms with Crippen LogP contribution in [-0.4, -0.2) is 37.2 Å². The van der Waals surface area contributed by atoms with Crippen LogP contribution < -0.4 is 9.84 Å². The molecule has 0 aliphatic rings. The van der Waals surface area contributed by atoms with E-state index >= 15 is 0 Å². The van der Waals surface area contributed by atoms with Gasteiger partial charge in [-0.15, -0.1) is 0 Å². The molecule has 0 amide bonds. The summed E-state index contributed by atoms with van der Waals surface area (Å²) in [6.45, 7) is 16.9. The van der Waals surface area contributed by atoms with E-state index in [-0.39, 0.29) is 0 Å². The highest BCUT2D eigenvalue weighted by Crippen LogP contribution is 2.21. The quantitative estimate of drug-likeness (QED) is 0.448. The molecular formula is C25H45NO3. The number of aliphatic carboxylic acids is 1. The van der Waals surface area contributed by atoms with E-state index in [1.54, 1.807) is 27.9 Å². The van der Waals surface area contributed by atoms with Crippen LogP contribution in [0.4, 0.5) is 0 Å². The molecule has 4 heteroatoms. The SMILES string of the molecule is CC(C)(C)C(=O)[O-].CCCC[N+](CCCC)(CCCC)Cc1ccc(OC)cc1. The minimum Gasteiger partial charge on any atom is -0.550 e. The summed E-state index contributed by atoms with van der Waals surface area (Å²) in [5.41, 5.74) is 0.754. The van der Waals surface area contributed by atoms with Gasteiger partial charge in [0.2, 0.25) is 0 Å². The maximum Gasteiger partial charge on any atom is 0.118 e. The van der Waals surface area contributed by atoms with E-state index < -0.39 is 11.4 Å². The minimum atomic E-state index is -1.01. The molecular weight excluding hydrogens is 362 g/mol. The molecule has 0 aromatic heterocycles. The molecule has 168 valence electrons. The second kappa shape index (κ2) is 14.4. The van der Waals surface area contributed by atoms with Crippen LogP contribution in [0.15, 0.2) is 24.3 Å². The van der Waals surface area contributed by atoms with E-state index in [2.05, 4.69) is 45.0 Å². The molecule has 1 aromatic carbocycles. The largest absolute Gasteiger partial charge is 0.550 e. The fourth-order valence-electron chi connectivity index (χ4n) is 3.17. The van der Waals surface area contributed by atoms with Crippen LogP contribution in [0.5, 0.6) is 5.75 Å². The number of benzene rings is 1. The van der Waals surface area contributed by atoms with Gasteiger partial charge in [-0.2, -0.15) is 0 Å². The number of quaternary nitrogens is 1. The van der Waals surface area contributed by atoms with Gasteiger partial charge in [-0.25, -0.2) is 0 Å². The van der Waals surface area contributed by atoms with Crippen molar-refractivity contribution >= 4 is 5.97 Å². The van der Waals surface area contributed by atoms with E-state index in [1.807, 2.05) is 0 Å². The predicted molar refractivity (Wildman–Crippen MR) is 121 cm³/mol. The Morgan fingerprint density at radius 3 is 1.55 bits per heavy atom. The van der Waals surface area contributed by atoms with Crippen molar-refractivity contribution in [2.24, 2.45) is 5.41 Å². The van der Waals surface area contributed by atoms with E-state index in [0.717, 1.165) is 5.75 Å². The molecule has 1 rings (SSSR count). The maximum absolute atomic E-state index is 9.91. The molecule has 0 fully saturated rings. The normalized spacial score (nSPS) is 11.6. The maximum atomic E-state index is 9.91. The van der Waals surface area contributed by atoms with Crippen molar-refractivity contribution in [2.45, 2.75) is 86.6 Å². The lowest BCUT2D eigenvalue weighted by atomic mass is 9.98. The Labute approximate surface area is 179 Å². The average molecular weight is 408 g/mol. The Kier molecular flexibility index (Phi) is 13.7. The summed E-state index contributed by atoms with van der Waals surface area (Å²) in [5, 5.41) is 9.91. The Morgan fingerprint density at radius 1 is 0.897 bits per heavy atom. The number of hydrogen-bond acceptors (Lipinski definition) is 3. The molecule has 0 heterocycles. The van der Waals surface area contributed by atoms with Crippen LogP contribution in [0.2, 0.25) is 0 Å². The molecule has 0 saturated carbocycles. The minimum absolute atomic E-state index is 0.694. The van der Waals surface area contributed by atoms with Gasteiger partial charge in [-0.1, -0.05) is 60.8 Å². The van der Waals surface area contributed by atoms with E-state index in [4.69, 9.17) is 4.74 Å². The smallest absolute Gasteiger partial charge is 0.118 e. The van der Waals surface area contributed by atoms with Gasteiger partial charge < -0.3 is 19.1 Å². The van der Waals surface area contributed by atoms with Crippen LogP contribution in [0.3, 0.4) is 0 Å². The van der Waals surface area contributed by atoms with E-state index in [9.17, 15) is 9.90 Å². The van der Waals surface area contributed by atoms with Crippen LogP contribution >= 0.6 is 0 Å². The molecule has 29 heavy (non-hydrogen) atoms. The van der Waals surface area contributed by atoms with Gasteiger partial charge >= 0.3 is 0 Å². The molecule has 0 atom stereocenters. The summed E-state index contributed by atoms with van der Waals surface area (Å²) in [5.74, 6) is -0.0509. The Morgan fingerprint density at radius 2 is 1.28 bits per heavy atom. The lowest BCUT2D eigenvalue weighted by Crippen LogP contribution is -2.49. The van der Waals surface area contributed by atoms with Crippen molar-refractivity contribution in [3.8, 4) is 5.75 Å². The lowest BCUT2D eigenvalue weighted by Gasteiger charge is -2.39. The summed E-state index contributed by atoms with van der Waals surface area (Å²) in [7, 11) is 1.74. The van der Waals surface area contributed by atoms with Crippen molar-refractivity contribution in [2.75, 3.05) is 26.7 Å². The Hall–Kier alpha value is -1.55. The fourth-order valence-corrected chi connectivity index (χ4v) is 3.17. The first kappa shape index (κ1) is 27.5. The van der Waals surface area contributed by atoms with Gasteiger partial charge in [0.05, 0.1) is 26.7 Å². The second-order valence-electron chi connectivity index (χ2n) is 9.12. The summed E-state index contributed by atoms with van der Waals surface area (Å²) < 4.78 is 6.55. The molecule has 0 unspecified atom stereocenters. The van der Waals surface area contributed by atoms with Crippen LogP contribution in [-0.2, 0) is 11.3 Å². The van der Waals surface area contributed by atoms with Gasteiger partial charge in [0.15, 0.2) is 0 Å². The number of hydrogen-bond donors (Lipinski definition) is 0. The topological polar surface area (TPSA) is 49.4 Å². The number of methoxy groups -OCH3 is 1. The first-order valence-electron chi connectivity index (χ1n) is 11.3. The molecule has 0 aliphatic heterocycles. The fraction of sp³-hybridized carbons (Fsp3) is 0.720. The molecule has 0 spiro atoms. The van der Waals surface area contributed by atoms with Crippen molar-refractivity contribution < 1.29 is 19.1 Å². The third kappa shape index (κ3) is 11.9. The first-order valence-corrected chi connectivity index (χ1v) is 11.3. The molecule has 0 radical (unpaired) electrons. The number of carboxylic acid groups (broad SMARTS) is 1. The summed E-state index contributed by atoms with van der Waals surface area (Å²) in [4.78, 5) is 9.91. The third-order valence-corrected chi connectivity index (χ3v) is 5.25. The monoisotopic (exact) mass is 407 g/mol. The van der Waals surface area contributed by atoms with Gasteiger partial charge in [0, 0.05) is 16.9 Å². The number of nitrogens with zero attached hydrogens (tertiary/aromatic N) is 1. The number of carbonyl (C=O) groups is 1. The lowest BCUT2D eigenvalue weighted by molar-refractivity contribution is -0.941. The molecule has 0 N–H and O–H groups in total. The molecule has 4 nitrogen and oxygen atoms in total. The van der Waals surface area contributed by atoms with Crippen LogP contribution in [0, 0.1) is 5.41 Å².